The molecule has 0 bridgehead atoms. The van der Waals surface area contributed by atoms with Crippen LogP contribution in [-0.4, -0.2) is 5.97 Å². The van der Waals surface area contributed by atoms with Crippen LogP contribution in [0, 0.1) is 0 Å². The van der Waals surface area contributed by atoms with Crippen LogP contribution in [0.5, 0.6) is 0 Å². The second kappa shape index (κ2) is 5.22. The lowest BCUT2D eigenvalue weighted by Crippen LogP contribution is -1.98. The highest BCUT2D eigenvalue weighted by molar-refractivity contribution is 5.65. The third-order valence-corrected chi connectivity index (χ3v) is 1.78. The Kier molecular flexibility index (Phi) is 3.92. The smallest absolute Gasteiger partial charge is 0.302 e. The van der Waals surface area contributed by atoms with Gasteiger partial charge in [0, 0.05) is 6.92 Å². The largest absolute Gasteiger partial charge is 0.461 e. The van der Waals surface area contributed by atoms with Gasteiger partial charge in [-0.2, -0.15) is 0 Å². The molecule has 2 nitrogen and oxygen atoms in total. The van der Waals surface area contributed by atoms with Gasteiger partial charge in [-0.15, -0.1) is 0 Å². The van der Waals surface area contributed by atoms with Gasteiger partial charge in [-0.3, -0.25) is 4.79 Å². The van der Waals surface area contributed by atoms with Gasteiger partial charge in [0.1, 0.15) is 6.61 Å². The number of ether oxygens (including phenoxy) is 1. The zero-order valence-corrected chi connectivity index (χ0v) is 8.49. The topological polar surface area (TPSA) is 26.3 Å². The first-order chi connectivity index (χ1) is 6.72. The summed E-state index contributed by atoms with van der Waals surface area (Å²) in [7, 11) is 0. The minimum atomic E-state index is -0.248. The number of carbonyl (C=O) groups excluding carboxylic acids is 1. The maximum absolute atomic E-state index is 10.6. The van der Waals surface area contributed by atoms with Gasteiger partial charge >= 0.3 is 5.97 Å². The fourth-order valence-electron chi connectivity index (χ4n) is 1.10. The average molecular weight is 190 g/mol. The molecule has 0 N–H and O–H groups in total. The predicted molar refractivity (Wildman–Crippen MR) is 56.6 cm³/mol. The lowest BCUT2D eigenvalue weighted by molar-refractivity contribution is -0.142. The fraction of sp³-hybridized carbons (Fsp3) is 0.250. The molecule has 2 heteroatoms. The molecule has 1 rings (SSSR count). The third kappa shape index (κ3) is 3.44. The molecule has 0 aliphatic heterocycles. The molecule has 0 saturated heterocycles. The summed E-state index contributed by atoms with van der Waals surface area (Å²) in [6.45, 7) is 3.74. The van der Waals surface area contributed by atoms with Gasteiger partial charge in [0.2, 0.25) is 0 Å². The van der Waals surface area contributed by atoms with E-state index in [1.165, 1.54) is 6.92 Å². The Morgan fingerprint density at radius 1 is 1.36 bits per heavy atom. The lowest BCUT2D eigenvalue weighted by atomic mass is 10.1. The molecule has 0 amide bonds. The van der Waals surface area contributed by atoms with Crippen LogP contribution >= 0.6 is 0 Å². The van der Waals surface area contributed by atoms with Crippen molar-refractivity contribution in [3.8, 4) is 0 Å². The lowest BCUT2D eigenvalue weighted by Gasteiger charge is -2.02. The molecule has 0 unspecified atom stereocenters. The summed E-state index contributed by atoms with van der Waals surface area (Å²) in [6, 6.07) is 7.91. The Morgan fingerprint density at radius 3 is 2.50 bits per heavy atom. The van der Waals surface area contributed by atoms with E-state index in [1.54, 1.807) is 0 Å². The van der Waals surface area contributed by atoms with Gasteiger partial charge in [0.25, 0.3) is 0 Å². The van der Waals surface area contributed by atoms with E-state index in [2.05, 4.69) is 0 Å². The van der Waals surface area contributed by atoms with Crippen molar-refractivity contribution in [3.05, 3.63) is 41.5 Å². The van der Waals surface area contributed by atoms with Crippen molar-refractivity contribution >= 4 is 12.0 Å². The van der Waals surface area contributed by atoms with E-state index in [1.807, 2.05) is 43.3 Å². The highest BCUT2D eigenvalue weighted by Crippen LogP contribution is 2.07. The predicted octanol–water partition coefficient (Wildman–Crippen LogP) is 2.78. The Bertz CT molecular complexity index is 323. The van der Waals surface area contributed by atoms with E-state index >= 15 is 0 Å². The summed E-state index contributed by atoms with van der Waals surface area (Å²) >= 11 is 0. The Morgan fingerprint density at radius 2 is 2.00 bits per heavy atom. The maximum atomic E-state index is 10.6. The van der Waals surface area contributed by atoms with E-state index in [9.17, 15) is 4.79 Å². The van der Waals surface area contributed by atoms with Crippen LogP contribution in [-0.2, 0) is 16.1 Å². The second-order valence-electron chi connectivity index (χ2n) is 3.02. The molecule has 1 aromatic rings. The van der Waals surface area contributed by atoms with Crippen molar-refractivity contribution in [2.75, 3.05) is 0 Å². The minimum Gasteiger partial charge on any atom is -0.461 e. The molecule has 0 aliphatic carbocycles. The first kappa shape index (κ1) is 10.5. The monoisotopic (exact) mass is 190 g/mol. The first-order valence-corrected chi connectivity index (χ1v) is 4.57. The highest BCUT2D eigenvalue weighted by atomic mass is 16.5. The van der Waals surface area contributed by atoms with Crippen molar-refractivity contribution in [3.63, 3.8) is 0 Å². The molecular formula is C12H14O2. The molecule has 0 fully saturated rings. The van der Waals surface area contributed by atoms with Gasteiger partial charge in [-0.25, -0.2) is 0 Å². The van der Waals surface area contributed by atoms with Gasteiger partial charge in [-0.05, 0) is 18.1 Å². The zero-order valence-electron chi connectivity index (χ0n) is 8.49. The van der Waals surface area contributed by atoms with E-state index in [4.69, 9.17) is 4.74 Å². The van der Waals surface area contributed by atoms with Gasteiger partial charge in [0.05, 0.1) is 0 Å². The van der Waals surface area contributed by atoms with Crippen LogP contribution < -0.4 is 0 Å². The number of rotatable bonds is 3. The number of carbonyl (C=O) groups is 1. The molecular weight excluding hydrogens is 176 g/mol. The maximum Gasteiger partial charge on any atom is 0.302 e. The normalized spacial score (nSPS) is 10.4. The van der Waals surface area contributed by atoms with Gasteiger partial charge in [-0.1, -0.05) is 36.4 Å². The number of hydrogen-bond acceptors (Lipinski definition) is 2. The van der Waals surface area contributed by atoms with E-state index in [0.717, 1.165) is 11.1 Å². The van der Waals surface area contributed by atoms with Crippen LogP contribution in [0.25, 0.3) is 6.08 Å². The van der Waals surface area contributed by atoms with Crippen molar-refractivity contribution in [1.29, 1.82) is 0 Å². The summed E-state index contributed by atoms with van der Waals surface area (Å²) in [4.78, 5) is 10.6. The van der Waals surface area contributed by atoms with Crippen molar-refractivity contribution in [2.24, 2.45) is 0 Å². The van der Waals surface area contributed by atoms with Crippen molar-refractivity contribution in [1.82, 2.24) is 0 Å². The van der Waals surface area contributed by atoms with Crippen LogP contribution in [0.3, 0.4) is 0 Å². The number of allylic oxidation sites excluding steroid dienone is 1. The third-order valence-electron chi connectivity index (χ3n) is 1.78. The van der Waals surface area contributed by atoms with Crippen LogP contribution in [0.1, 0.15) is 25.0 Å². The second-order valence-corrected chi connectivity index (χ2v) is 3.02. The van der Waals surface area contributed by atoms with Crippen molar-refractivity contribution < 1.29 is 9.53 Å². The molecule has 0 saturated carbocycles. The summed E-state index contributed by atoms with van der Waals surface area (Å²) in [5.74, 6) is -0.248. The molecule has 0 aliphatic rings. The number of benzene rings is 1. The van der Waals surface area contributed by atoms with Crippen LogP contribution in [0.4, 0.5) is 0 Å². The summed E-state index contributed by atoms with van der Waals surface area (Å²) in [5, 5.41) is 0. The van der Waals surface area contributed by atoms with Gasteiger partial charge in [0.15, 0.2) is 0 Å². The molecule has 0 spiro atoms. The first-order valence-electron chi connectivity index (χ1n) is 4.57. The van der Waals surface area contributed by atoms with E-state index in [0.29, 0.717) is 6.61 Å². The summed E-state index contributed by atoms with van der Waals surface area (Å²) in [6.07, 6.45) is 4.01. The Labute approximate surface area is 84.2 Å². The quantitative estimate of drug-likeness (QED) is 0.685. The summed E-state index contributed by atoms with van der Waals surface area (Å²) in [5.41, 5.74) is 2.16. The number of hydrogen-bond donors (Lipinski definition) is 0. The summed E-state index contributed by atoms with van der Waals surface area (Å²) < 4.78 is 4.87. The minimum absolute atomic E-state index is 0.248. The molecule has 0 heterocycles. The molecule has 14 heavy (non-hydrogen) atoms. The Balaban J connectivity index is 2.59. The SMILES string of the molecule is CC=Cc1ccc(COC(C)=O)cc1. The van der Waals surface area contributed by atoms with E-state index < -0.39 is 0 Å². The van der Waals surface area contributed by atoms with Crippen molar-refractivity contribution in [2.45, 2.75) is 20.5 Å². The fourth-order valence-corrected chi connectivity index (χ4v) is 1.10. The molecule has 1 aromatic carbocycles. The van der Waals surface area contributed by atoms with Crippen LogP contribution in [0.2, 0.25) is 0 Å². The average Bonchev–Trinajstić information content (AvgIpc) is 2.17. The molecule has 0 atom stereocenters. The highest BCUT2D eigenvalue weighted by Gasteiger charge is 1.95. The molecule has 0 radical (unpaired) electrons. The zero-order chi connectivity index (χ0) is 10.4. The standard InChI is InChI=1S/C12H14O2/c1-3-4-11-5-7-12(8-6-11)9-14-10(2)13/h3-8H,9H2,1-2H3. The van der Waals surface area contributed by atoms with E-state index in [-0.39, 0.29) is 5.97 Å². The molecule has 74 valence electrons. The number of esters is 1. The molecule has 0 aromatic heterocycles. The Hall–Kier alpha value is -1.57. The van der Waals surface area contributed by atoms with Crippen LogP contribution in [0.15, 0.2) is 30.3 Å². The van der Waals surface area contributed by atoms with Gasteiger partial charge < -0.3 is 4.74 Å².